The highest BCUT2D eigenvalue weighted by atomic mass is 16.5. The van der Waals surface area contributed by atoms with Crippen LogP contribution < -0.4 is 5.73 Å². The molecule has 0 spiro atoms. The molecule has 1 aromatic rings. The van der Waals surface area contributed by atoms with Gasteiger partial charge in [-0.3, -0.25) is 0 Å². The summed E-state index contributed by atoms with van der Waals surface area (Å²) in [6.45, 7) is 1.21. The largest absolute Gasteiger partial charge is 0.508 e. The molecule has 3 N–H and O–H groups in total. The van der Waals surface area contributed by atoms with Crippen molar-refractivity contribution >= 4 is 5.90 Å². The molecule has 16 heavy (non-hydrogen) atoms. The van der Waals surface area contributed by atoms with Gasteiger partial charge in [-0.1, -0.05) is 12.1 Å². The molecule has 1 aromatic carbocycles. The van der Waals surface area contributed by atoms with Crippen molar-refractivity contribution in [2.45, 2.75) is 18.9 Å². The van der Waals surface area contributed by atoms with Crippen molar-refractivity contribution in [1.82, 2.24) is 0 Å². The molecule has 1 atom stereocenters. The number of benzene rings is 1. The third-order valence-corrected chi connectivity index (χ3v) is 2.56. The van der Waals surface area contributed by atoms with E-state index in [4.69, 9.17) is 10.5 Å². The number of ether oxygens (including phenoxy) is 1. The molecule has 0 amide bonds. The number of phenols is 1. The van der Waals surface area contributed by atoms with Gasteiger partial charge in [-0.15, -0.1) is 0 Å². The molecule has 4 heteroatoms. The van der Waals surface area contributed by atoms with E-state index >= 15 is 0 Å². The Morgan fingerprint density at radius 1 is 1.50 bits per heavy atom. The number of aliphatic imine (C=N–C) groups is 1. The second-order valence-electron chi connectivity index (χ2n) is 3.84. The lowest BCUT2D eigenvalue weighted by Crippen LogP contribution is -2.04. The highest BCUT2D eigenvalue weighted by Crippen LogP contribution is 2.26. The Morgan fingerprint density at radius 2 is 2.38 bits per heavy atom. The van der Waals surface area contributed by atoms with Crippen LogP contribution in [0, 0.1) is 0 Å². The summed E-state index contributed by atoms with van der Waals surface area (Å²) < 4.78 is 5.47. The third kappa shape index (κ3) is 2.52. The van der Waals surface area contributed by atoms with Crippen LogP contribution in [0.5, 0.6) is 5.75 Å². The minimum atomic E-state index is 0.0138. The number of rotatable bonds is 4. The molecule has 0 aliphatic carbocycles. The van der Waals surface area contributed by atoms with Crippen LogP contribution >= 0.6 is 0 Å². The van der Waals surface area contributed by atoms with Crippen molar-refractivity contribution in [3.63, 3.8) is 0 Å². The number of hydrogen-bond acceptors (Lipinski definition) is 4. The molecule has 0 aromatic heterocycles. The zero-order chi connectivity index (χ0) is 11.4. The molecule has 1 aliphatic rings. The number of phenolic OH excluding ortho intramolecular Hbond substituents is 1. The summed E-state index contributed by atoms with van der Waals surface area (Å²) in [4.78, 5) is 4.46. The average Bonchev–Trinajstić information content (AvgIpc) is 2.75. The van der Waals surface area contributed by atoms with Crippen molar-refractivity contribution in [1.29, 1.82) is 0 Å². The van der Waals surface area contributed by atoms with E-state index in [0.717, 1.165) is 24.3 Å². The lowest BCUT2D eigenvalue weighted by Gasteiger charge is -2.04. The van der Waals surface area contributed by atoms with Gasteiger partial charge in [0.25, 0.3) is 0 Å². The lowest BCUT2D eigenvalue weighted by molar-refractivity contribution is 0.311. The fourth-order valence-corrected chi connectivity index (χ4v) is 1.72. The Kier molecular flexibility index (Phi) is 3.41. The number of aromatic hydroxyl groups is 1. The molecule has 0 bridgehead atoms. The van der Waals surface area contributed by atoms with E-state index in [1.165, 1.54) is 0 Å². The van der Waals surface area contributed by atoms with Crippen LogP contribution in [-0.4, -0.2) is 24.2 Å². The van der Waals surface area contributed by atoms with Gasteiger partial charge >= 0.3 is 0 Å². The predicted molar refractivity (Wildman–Crippen MR) is 62.5 cm³/mol. The SMILES string of the molecule is NCCCC1=NC(c2cccc(O)c2)CO1. The van der Waals surface area contributed by atoms with E-state index in [0.29, 0.717) is 13.2 Å². The number of nitrogens with two attached hydrogens (primary N) is 1. The van der Waals surface area contributed by atoms with Gasteiger partial charge < -0.3 is 15.6 Å². The van der Waals surface area contributed by atoms with Crippen molar-refractivity contribution in [3.05, 3.63) is 29.8 Å². The van der Waals surface area contributed by atoms with E-state index in [2.05, 4.69) is 4.99 Å². The van der Waals surface area contributed by atoms with Crippen molar-refractivity contribution in [3.8, 4) is 5.75 Å². The molecule has 0 radical (unpaired) electrons. The predicted octanol–water partition coefficient (Wildman–Crippen LogP) is 1.60. The molecule has 1 heterocycles. The Balaban J connectivity index is 2.04. The molecule has 1 unspecified atom stereocenters. The molecule has 4 nitrogen and oxygen atoms in total. The maximum atomic E-state index is 9.37. The number of nitrogens with zero attached hydrogens (tertiary/aromatic N) is 1. The Bertz CT molecular complexity index is 390. The topological polar surface area (TPSA) is 67.8 Å². The van der Waals surface area contributed by atoms with E-state index in [-0.39, 0.29) is 11.8 Å². The van der Waals surface area contributed by atoms with Crippen molar-refractivity contribution in [2.24, 2.45) is 10.7 Å². The third-order valence-electron chi connectivity index (χ3n) is 2.56. The fraction of sp³-hybridized carbons (Fsp3) is 0.417. The first-order valence-corrected chi connectivity index (χ1v) is 5.48. The highest BCUT2D eigenvalue weighted by molar-refractivity contribution is 5.77. The maximum Gasteiger partial charge on any atom is 0.184 e. The van der Waals surface area contributed by atoms with Crippen LogP contribution in [0.4, 0.5) is 0 Å². The standard InChI is InChI=1S/C12H16N2O2/c13-6-2-5-12-14-11(8-16-12)9-3-1-4-10(15)7-9/h1,3-4,7,11,15H,2,5-6,8,13H2. The van der Waals surface area contributed by atoms with Gasteiger partial charge in [0.2, 0.25) is 0 Å². The molecule has 0 saturated heterocycles. The Hall–Kier alpha value is -1.55. The van der Waals surface area contributed by atoms with Crippen LogP contribution in [0.2, 0.25) is 0 Å². The monoisotopic (exact) mass is 220 g/mol. The van der Waals surface area contributed by atoms with Crippen molar-refractivity contribution < 1.29 is 9.84 Å². The molecular weight excluding hydrogens is 204 g/mol. The van der Waals surface area contributed by atoms with Gasteiger partial charge in [0.1, 0.15) is 18.4 Å². The quantitative estimate of drug-likeness (QED) is 0.809. The molecule has 2 rings (SSSR count). The van der Waals surface area contributed by atoms with E-state index in [9.17, 15) is 5.11 Å². The van der Waals surface area contributed by atoms with Gasteiger partial charge in [-0.05, 0) is 30.7 Å². The summed E-state index contributed by atoms with van der Waals surface area (Å²) in [6.07, 6.45) is 1.69. The molecule has 0 fully saturated rings. The average molecular weight is 220 g/mol. The van der Waals surface area contributed by atoms with Crippen LogP contribution in [0.25, 0.3) is 0 Å². The second-order valence-corrected chi connectivity index (χ2v) is 3.84. The highest BCUT2D eigenvalue weighted by Gasteiger charge is 2.20. The molecule has 1 aliphatic heterocycles. The zero-order valence-corrected chi connectivity index (χ0v) is 9.10. The van der Waals surface area contributed by atoms with Crippen LogP contribution in [-0.2, 0) is 4.74 Å². The summed E-state index contributed by atoms with van der Waals surface area (Å²) >= 11 is 0. The summed E-state index contributed by atoms with van der Waals surface area (Å²) in [5, 5.41) is 9.37. The molecule has 86 valence electrons. The minimum Gasteiger partial charge on any atom is -0.508 e. The smallest absolute Gasteiger partial charge is 0.184 e. The van der Waals surface area contributed by atoms with Gasteiger partial charge in [0, 0.05) is 6.42 Å². The van der Waals surface area contributed by atoms with Gasteiger partial charge in [0.15, 0.2) is 5.90 Å². The Labute approximate surface area is 94.8 Å². The van der Waals surface area contributed by atoms with E-state index in [1.54, 1.807) is 12.1 Å². The normalized spacial score (nSPS) is 19.3. The Morgan fingerprint density at radius 3 is 3.12 bits per heavy atom. The minimum absolute atomic E-state index is 0.0138. The molecule has 0 saturated carbocycles. The summed E-state index contributed by atoms with van der Waals surface area (Å²) in [5.41, 5.74) is 6.42. The fourth-order valence-electron chi connectivity index (χ4n) is 1.72. The van der Waals surface area contributed by atoms with E-state index < -0.39 is 0 Å². The van der Waals surface area contributed by atoms with Gasteiger partial charge in [-0.25, -0.2) is 4.99 Å². The first kappa shape index (κ1) is 11.0. The van der Waals surface area contributed by atoms with Gasteiger partial charge in [0.05, 0.1) is 0 Å². The zero-order valence-electron chi connectivity index (χ0n) is 9.10. The first-order valence-electron chi connectivity index (χ1n) is 5.48. The van der Waals surface area contributed by atoms with E-state index in [1.807, 2.05) is 12.1 Å². The number of hydrogen-bond donors (Lipinski definition) is 2. The maximum absolute atomic E-state index is 9.37. The molecular formula is C12H16N2O2. The van der Waals surface area contributed by atoms with Crippen LogP contribution in [0.1, 0.15) is 24.4 Å². The van der Waals surface area contributed by atoms with Crippen LogP contribution in [0.15, 0.2) is 29.3 Å². The van der Waals surface area contributed by atoms with Crippen LogP contribution in [0.3, 0.4) is 0 Å². The van der Waals surface area contributed by atoms with Crippen molar-refractivity contribution in [2.75, 3.05) is 13.2 Å². The summed E-state index contributed by atoms with van der Waals surface area (Å²) in [6, 6.07) is 7.16. The summed E-state index contributed by atoms with van der Waals surface area (Å²) in [7, 11) is 0. The second kappa shape index (κ2) is 4.99. The summed E-state index contributed by atoms with van der Waals surface area (Å²) in [5.74, 6) is 1.04. The first-order chi connectivity index (χ1) is 7.79. The van der Waals surface area contributed by atoms with Gasteiger partial charge in [-0.2, -0.15) is 0 Å². The lowest BCUT2D eigenvalue weighted by atomic mass is 10.1.